The van der Waals surface area contributed by atoms with E-state index in [1.807, 2.05) is 38.1 Å². The zero-order chi connectivity index (χ0) is 23.6. The smallest absolute Gasteiger partial charge is 0.230 e. The third kappa shape index (κ3) is 5.82. The van der Waals surface area contributed by atoms with Crippen molar-refractivity contribution in [3.05, 3.63) is 70.5 Å². The Labute approximate surface area is 200 Å². The van der Waals surface area contributed by atoms with Crippen molar-refractivity contribution < 1.29 is 14.0 Å². The number of piperidine rings is 1. The van der Waals surface area contributed by atoms with Crippen molar-refractivity contribution in [1.29, 1.82) is 0 Å². The van der Waals surface area contributed by atoms with Crippen LogP contribution in [0.5, 0.6) is 0 Å². The van der Waals surface area contributed by atoms with Gasteiger partial charge in [0.25, 0.3) is 0 Å². The molecule has 1 amide bonds. The Morgan fingerprint density at radius 2 is 1.67 bits per heavy atom. The Balaban J connectivity index is 1.18. The fourth-order valence-corrected chi connectivity index (χ4v) is 4.91. The van der Waals surface area contributed by atoms with Crippen molar-refractivity contribution in [2.75, 3.05) is 26.2 Å². The van der Waals surface area contributed by atoms with Crippen molar-refractivity contribution in [3.63, 3.8) is 0 Å². The minimum atomic E-state index is -0.603. The Hall–Kier alpha value is -2.24. The second-order valence-electron chi connectivity index (χ2n) is 10.0. The van der Waals surface area contributed by atoms with Gasteiger partial charge in [-0.1, -0.05) is 23.7 Å². The van der Waals surface area contributed by atoms with Crippen LogP contribution < -0.4 is 5.32 Å². The first-order valence-corrected chi connectivity index (χ1v) is 12.2. The zero-order valence-electron chi connectivity index (χ0n) is 19.3. The molecule has 0 aromatic heterocycles. The molecule has 2 fully saturated rings. The van der Waals surface area contributed by atoms with Gasteiger partial charge in [-0.2, -0.15) is 0 Å². The summed E-state index contributed by atoms with van der Waals surface area (Å²) in [6.45, 7) is 7.44. The number of likely N-dealkylation sites (tertiary alicyclic amines) is 1. The van der Waals surface area contributed by atoms with E-state index in [-0.39, 0.29) is 23.4 Å². The van der Waals surface area contributed by atoms with Gasteiger partial charge in [-0.05, 0) is 100.0 Å². The van der Waals surface area contributed by atoms with Gasteiger partial charge in [0.15, 0.2) is 5.78 Å². The topological polar surface area (TPSA) is 49.4 Å². The van der Waals surface area contributed by atoms with E-state index in [1.165, 1.54) is 12.1 Å². The highest BCUT2D eigenvalue weighted by Gasteiger charge is 2.40. The number of benzene rings is 2. The van der Waals surface area contributed by atoms with Gasteiger partial charge >= 0.3 is 0 Å². The first-order chi connectivity index (χ1) is 15.7. The molecule has 4 nitrogen and oxygen atoms in total. The lowest BCUT2D eigenvalue weighted by atomic mass is 9.83. The quantitative estimate of drug-likeness (QED) is 0.546. The van der Waals surface area contributed by atoms with Crippen LogP contribution in [0.25, 0.3) is 0 Å². The molecule has 4 rings (SSSR count). The molecule has 2 aromatic carbocycles. The van der Waals surface area contributed by atoms with Crippen LogP contribution in [0.2, 0.25) is 5.02 Å². The lowest BCUT2D eigenvalue weighted by Gasteiger charge is -2.31. The number of rotatable bonds is 8. The van der Waals surface area contributed by atoms with E-state index < -0.39 is 5.41 Å². The van der Waals surface area contributed by atoms with Crippen LogP contribution in [0.3, 0.4) is 0 Å². The lowest BCUT2D eigenvalue weighted by molar-refractivity contribution is -0.125. The number of hydrogen-bond acceptors (Lipinski definition) is 3. The molecule has 2 aliphatic rings. The lowest BCUT2D eigenvalue weighted by Crippen LogP contribution is -2.41. The third-order valence-electron chi connectivity index (χ3n) is 7.31. The summed E-state index contributed by atoms with van der Waals surface area (Å²) >= 11 is 5.97. The Kier molecular flexibility index (Phi) is 7.20. The maximum absolute atomic E-state index is 13.1. The average Bonchev–Trinajstić information content (AvgIpc) is 3.56. The van der Waals surface area contributed by atoms with Crippen LogP contribution in [0.4, 0.5) is 4.39 Å². The number of nitrogens with zero attached hydrogens (tertiary/aromatic N) is 1. The third-order valence-corrected chi connectivity index (χ3v) is 7.56. The van der Waals surface area contributed by atoms with Crippen LogP contribution >= 0.6 is 11.6 Å². The van der Waals surface area contributed by atoms with Crippen LogP contribution in [0, 0.1) is 23.6 Å². The first-order valence-electron chi connectivity index (χ1n) is 11.8. The molecule has 2 atom stereocenters. The van der Waals surface area contributed by atoms with E-state index in [4.69, 9.17) is 11.6 Å². The first kappa shape index (κ1) is 23.9. The summed E-state index contributed by atoms with van der Waals surface area (Å²) in [7, 11) is 0. The molecule has 176 valence electrons. The molecule has 0 spiro atoms. The fourth-order valence-electron chi connectivity index (χ4n) is 4.79. The van der Waals surface area contributed by atoms with Gasteiger partial charge < -0.3 is 10.2 Å². The standard InChI is InChI=1S/C27H32ClFN2O2/c1-27(2,22-5-7-23(28)8-6-22)26(33)30-16-20-15-21(20)17-31-13-11-19(12-14-31)25(32)18-3-9-24(29)10-4-18/h3-10,19-21H,11-17H2,1-2H3,(H,30,33). The summed E-state index contributed by atoms with van der Waals surface area (Å²) in [4.78, 5) is 27.9. The van der Waals surface area contributed by atoms with Crippen molar-refractivity contribution in [2.24, 2.45) is 17.8 Å². The molecule has 1 heterocycles. The number of carbonyl (C=O) groups excluding carboxylic acids is 2. The zero-order valence-corrected chi connectivity index (χ0v) is 20.1. The van der Waals surface area contributed by atoms with E-state index >= 15 is 0 Å². The number of ketones is 1. The van der Waals surface area contributed by atoms with E-state index in [1.54, 1.807) is 12.1 Å². The summed E-state index contributed by atoms with van der Waals surface area (Å²) in [5.74, 6) is 1.00. The number of nitrogens with one attached hydrogen (secondary N) is 1. The maximum atomic E-state index is 13.1. The summed E-state index contributed by atoms with van der Waals surface area (Å²) in [6, 6.07) is 13.3. The summed E-state index contributed by atoms with van der Waals surface area (Å²) in [6.07, 6.45) is 2.83. The van der Waals surface area contributed by atoms with Crippen molar-refractivity contribution >= 4 is 23.3 Å². The number of carbonyl (C=O) groups is 2. The molecule has 2 aromatic rings. The summed E-state index contributed by atoms with van der Waals surface area (Å²) < 4.78 is 13.1. The number of Topliss-reactive ketones (excluding diaryl/α,β-unsaturated/α-hetero) is 1. The van der Waals surface area contributed by atoms with Crippen molar-refractivity contribution in [3.8, 4) is 0 Å². The monoisotopic (exact) mass is 470 g/mol. The van der Waals surface area contributed by atoms with Gasteiger partial charge in [0.2, 0.25) is 5.91 Å². The Morgan fingerprint density at radius 1 is 1.03 bits per heavy atom. The van der Waals surface area contributed by atoms with Crippen molar-refractivity contribution in [2.45, 2.75) is 38.5 Å². The molecule has 1 saturated heterocycles. The molecule has 1 saturated carbocycles. The molecule has 0 bridgehead atoms. The predicted molar refractivity (Wildman–Crippen MR) is 129 cm³/mol. The molecule has 1 N–H and O–H groups in total. The minimum absolute atomic E-state index is 0.0242. The molecule has 1 aliphatic heterocycles. The highest BCUT2D eigenvalue weighted by atomic mass is 35.5. The van der Waals surface area contributed by atoms with Gasteiger partial charge in [0.05, 0.1) is 5.41 Å². The second kappa shape index (κ2) is 9.94. The van der Waals surface area contributed by atoms with Gasteiger partial charge in [-0.15, -0.1) is 0 Å². The van der Waals surface area contributed by atoms with Gasteiger partial charge in [-0.3, -0.25) is 9.59 Å². The van der Waals surface area contributed by atoms with E-state index in [2.05, 4.69) is 10.2 Å². The number of amides is 1. The normalized spacial score (nSPS) is 21.6. The van der Waals surface area contributed by atoms with Crippen LogP contribution in [-0.4, -0.2) is 42.8 Å². The highest BCUT2D eigenvalue weighted by Crippen LogP contribution is 2.39. The Bertz CT molecular complexity index is 982. The molecular formula is C27H32ClFN2O2. The maximum Gasteiger partial charge on any atom is 0.230 e. The second-order valence-corrected chi connectivity index (χ2v) is 10.5. The number of hydrogen-bond donors (Lipinski definition) is 1. The largest absolute Gasteiger partial charge is 0.355 e. The molecule has 6 heteroatoms. The molecule has 1 aliphatic carbocycles. The number of halogens is 2. The van der Waals surface area contributed by atoms with Crippen LogP contribution in [-0.2, 0) is 10.2 Å². The Morgan fingerprint density at radius 3 is 2.30 bits per heavy atom. The average molecular weight is 471 g/mol. The molecule has 33 heavy (non-hydrogen) atoms. The molecular weight excluding hydrogens is 439 g/mol. The minimum Gasteiger partial charge on any atom is -0.355 e. The van der Waals surface area contributed by atoms with Gasteiger partial charge in [0.1, 0.15) is 5.82 Å². The van der Waals surface area contributed by atoms with E-state index in [9.17, 15) is 14.0 Å². The molecule has 2 unspecified atom stereocenters. The highest BCUT2D eigenvalue weighted by molar-refractivity contribution is 6.30. The van der Waals surface area contributed by atoms with Crippen molar-refractivity contribution in [1.82, 2.24) is 10.2 Å². The summed E-state index contributed by atoms with van der Waals surface area (Å²) in [5.41, 5.74) is 0.956. The SMILES string of the molecule is CC(C)(C(=O)NCC1CC1CN1CCC(C(=O)c2ccc(F)cc2)CC1)c1ccc(Cl)cc1. The van der Waals surface area contributed by atoms with Crippen LogP contribution in [0.1, 0.15) is 49.0 Å². The van der Waals surface area contributed by atoms with E-state index in [0.717, 1.165) is 44.5 Å². The fraction of sp³-hybridized carbons (Fsp3) is 0.481. The molecule has 0 radical (unpaired) electrons. The summed E-state index contributed by atoms with van der Waals surface area (Å²) in [5, 5.41) is 3.81. The van der Waals surface area contributed by atoms with Gasteiger partial charge in [0, 0.05) is 29.6 Å². The van der Waals surface area contributed by atoms with Crippen LogP contribution in [0.15, 0.2) is 48.5 Å². The van der Waals surface area contributed by atoms with E-state index in [0.29, 0.717) is 29.0 Å². The van der Waals surface area contributed by atoms with Gasteiger partial charge in [-0.25, -0.2) is 4.39 Å². The predicted octanol–water partition coefficient (Wildman–Crippen LogP) is 5.10.